The number of rotatable bonds is 1. The van der Waals surface area contributed by atoms with Crippen LogP contribution in [-0.2, 0) is 4.79 Å². The lowest BCUT2D eigenvalue weighted by Crippen LogP contribution is -2.41. The second kappa shape index (κ2) is 4.21. The molecule has 0 saturated carbocycles. The third-order valence-electron chi connectivity index (χ3n) is 4.27. The van der Waals surface area contributed by atoms with E-state index in [2.05, 4.69) is 22.4 Å². The number of carbonyl (C=O) groups excluding carboxylic acids is 1. The van der Waals surface area contributed by atoms with Gasteiger partial charge in [0.2, 0.25) is 5.91 Å². The molecule has 2 fully saturated rings. The van der Waals surface area contributed by atoms with Crippen LogP contribution in [0.25, 0.3) is 0 Å². The Bertz CT molecular complexity index is 291. The van der Waals surface area contributed by atoms with Crippen LogP contribution in [0, 0.1) is 11.8 Å². The molecule has 2 heterocycles. The van der Waals surface area contributed by atoms with Crippen LogP contribution in [0.4, 0.5) is 0 Å². The Hall–Kier alpha value is -0.830. The molecule has 2 aliphatic heterocycles. The van der Waals surface area contributed by atoms with Crippen LogP contribution in [0.15, 0.2) is 12.2 Å². The molecule has 0 aromatic heterocycles. The average Bonchev–Trinajstić information content (AvgIpc) is 2.97. The van der Waals surface area contributed by atoms with Crippen LogP contribution >= 0.6 is 0 Å². The highest BCUT2D eigenvalue weighted by Crippen LogP contribution is 2.28. The summed E-state index contributed by atoms with van der Waals surface area (Å²) in [5.41, 5.74) is 0. The summed E-state index contributed by atoms with van der Waals surface area (Å²) in [6.07, 6.45) is 8.77. The van der Waals surface area contributed by atoms with E-state index in [-0.39, 0.29) is 5.92 Å². The third kappa shape index (κ3) is 1.77. The summed E-state index contributed by atoms with van der Waals surface area (Å²) in [7, 11) is 0. The third-order valence-corrected chi connectivity index (χ3v) is 4.27. The molecule has 1 aliphatic carbocycles. The fourth-order valence-corrected chi connectivity index (χ4v) is 3.30. The highest BCUT2D eigenvalue weighted by atomic mass is 16.2. The first kappa shape index (κ1) is 10.3. The normalized spacial score (nSPS) is 34.4. The minimum Gasteiger partial charge on any atom is -0.341 e. The predicted octanol–water partition coefficient (Wildman–Crippen LogP) is 1.16. The van der Waals surface area contributed by atoms with Crippen molar-refractivity contribution in [3.8, 4) is 0 Å². The van der Waals surface area contributed by atoms with E-state index in [1.807, 2.05) is 0 Å². The Morgan fingerprint density at radius 3 is 2.81 bits per heavy atom. The van der Waals surface area contributed by atoms with Gasteiger partial charge in [-0.15, -0.1) is 0 Å². The van der Waals surface area contributed by atoms with Crippen molar-refractivity contribution in [3.05, 3.63) is 12.2 Å². The van der Waals surface area contributed by atoms with Gasteiger partial charge in [0.25, 0.3) is 0 Å². The topological polar surface area (TPSA) is 32.3 Å². The number of hydrogen-bond donors (Lipinski definition) is 1. The van der Waals surface area contributed by atoms with Crippen LogP contribution < -0.4 is 5.32 Å². The van der Waals surface area contributed by atoms with Gasteiger partial charge in [-0.1, -0.05) is 12.2 Å². The van der Waals surface area contributed by atoms with Gasteiger partial charge in [-0.2, -0.15) is 0 Å². The molecule has 3 rings (SSSR count). The molecule has 88 valence electrons. The van der Waals surface area contributed by atoms with Gasteiger partial charge < -0.3 is 10.2 Å². The van der Waals surface area contributed by atoms with Crippen molar-refractivity contribution in [2.75, 3.05) is 19.6 Å². The Morgan fingerprint density at radius 2 is 2.06 bits per heavy atom. The minimum absolute atomic E-state index is 0.250. The molecule has 0 radical (unpaired) electrons. The number of nitrogens with one attached hydrogen (secondary N) is 1. The maximum atomic E-state index is 12.2. The Balaban J connectivity index is 1.61. The van der Waals surface area contributed by atoms with Gasteiger partial charge in [0.15, 0.2) is 0 Å². The van der Waals surface area contributed by atoms with Gasteiger partial charge in [-0.05, 0) is 38.1 Å². The van der Waals surface area contributed by atoms with Crippen molar-refractivity contribution in [3.63, 3.8) is 0 Å². The van der Waals surface area contributed by atoms with E-state index < -0.39 is 0 Å². The second-order valence-corrected chi connectivity index (χ2v) is 5.35. The lowest BCUT2D eigenvalue weighted by molar-refractivity contribution is -0.134. The van der Waals surface area contributed by atoms with Crippen molar-refractivity contribution in [2.45, 2.75) is 31.7 Å². The van der Waals surface area contributed by atoms with Crippen LogP contribution in [0.2, 0.25) is 0 Å². The summed E-state index contributed by atoms with van der Waals surface area (Å²) in [6, 6.07) is 0.576. The molecule has 3 heteroatoms. The van der Waals surface area contributed by atoms with Gasteiger partial charge in [0.1, 0.15) is 0 Å². The van der Waals surface area contributed by atoms with Gasteiger partial charge in [-0.25, -0.2) is 0 Å². The molecular weight excluding hydrogens is 200 g/mol. The molecule has 2 unspecified atom stereocenters. The lowest BCUT2D eigenvalue weighted by atomic mass is 9.94. The molecule has 1 amide bonds. The van der Waals surface area contributed by atoms with Crippen molar-refractivity contribution in [1.29, 1.82) is 0 Å². The molecule has 0 spiro atoms. The fourth-order valence-electron chi connectivity index (χ4n) is 3.30. The van der Waals surface area contributed by atoms with E-state index in [9.17, 15) is 4.79 Å². The van der Waals surface area contributed by atoms with Gasteiger partial charge >= 0.3 is 0 Å². The summed E-state index contributed by atoms with van der Waals surface area (Å²) in [6.45, 7) is 3.07. The van der Waals surface area contributed by atoms with Gasteiger partial charge in [-0.3, -0.25) is 4.79 Å². The summed E-state index contributed by atoms with van der Waals surface area (Å²) < 4.78 is 0. The number of hydrogen-bond acceptors (Lipinski definition) is 2. The zero-order chi connectivity index (χ0) is 11.0. The number of likely N-dealkylation sites (tertiary alicyclic amines) is 1. The van der Waals surface area contributed by atoms with E-state index in [4.69, 9.17) is 0 Å². The van der Waals surface area contributed by atoms with Crippen molar-refractivity contribution in [2.24, 2.45) is 11.8 Å². The lowest BCUT2D eigenvalue weighted by Gasteiger charge is -2.24. The minimum atomic E-state index is 0.250. The molecular formula is C13H20N2O. The van der Waals surface area contributed by atoms with Crippen LogP contribution in [-0.4, -0.2) is 36.5 Å². The second-order valence-electron chi connectivity index (χ2n) is 5.35. The van der Waals surface area contributed by atoms with E-state index in [1.54, 1.807) is 0 Å². The molecule has 3 nitrogen and oxygen atoms in total. The highest BCUT2D eigenvalue weighted by molar-refractivity contribution is 5.80. The summed E-state index contributed by atoms with van der Waals surface area (Å²) >= 11 is 0. The molecule has 0 aromatic rings. The van der Waals surface area contributed by atoms with Crippen molar-refractivity contribution < 1.29 is 4.79 Å². The quantitative estimate of drug-likeness (QED) is 0.673. The number of nitrogens with zero attached hydrogens (tertiary/aromatic N) is 1. The van der Waals surface area contributed by atoms with Crippen molar-refractivity contribution >= 4 is 5.91 Å². The summed E-state index contributed by atoms with van der Waals surface area (Å²) in [5, 5.41) is 3.55. The first-order valence-corrected chi connectivity index (χ1v) is 6.52. The number of piperidine rings is 1. The van der Waals surface area contributed by atoms with Crippen LogP contribution in [0.3, 0.4) is 0 Å². The van der Waals surface area contributed by atoms with Crippen molar-refractivity contribution in [1.82, 2.24) is 10.2 Å². The molecule has 3 aliphatic rings. The zero-order valence-corrected chi connectivity index (χ0v) is 9.69. The smallest absolute Gasteiger partial charge is 0.226 e. The first-order valence-electron chi connectivity index (χ1n) is 6.52. The van der Waals surface area contributed by atoms with E-state index in [0.29, 0.717) is 17.9 Å². The number of allylic oxidation sites excluding steroid dienone is 2. The maximum Gasteiger partial charge on any atom is 0.226 e. The first-order chi connectivity index (χ1) is 7.84. The number of amides is 1. The van der Waals surface area contributed by atoms with Gasteiger partial charge in [0, 0.05) is 25.0 Å². The number of carbonyl (C=O) groups is 1. The Labute approximate surface area is 96.9 Å². The highest BCUT2D eigenvalue weighted by Gasteiger charge is 2.38. The van der Waals surface area contributed by atoms with E-state index >= 15 is 0 Å². The average molecular weight is 220 g/mol. The maximum absolute atomic E-state index is 12.2. The fraction of sp³-hybridized carbons (Fsp3) is 0.769. The molecule has 0 bridgehead atoms. The number of fused-ring (bicyclic) bond motifs is 1. The molecule has 0 aromatic carbocycles. The predicted molar refractivity (Wildman–Crippen MR) is 63.0 cm³/mol. The monoisotopic (exact) mass is 220 g/mol. The molecule has 2 saturated heterocycles. The summed E-state index contributed by atoms with van der Waals surface area (Å²) in [4.78, 5) is 14.4. The SMILES string of the molecule is O=C(C1CC=CC1)N1CC2CCCNC2C1. The van der Waals surface area contributed by atoms with E-state index in [1.165, 1.54) is 12.8 Å². The zero-order valence-electron chi connectivity index (χ0n) is 9.69. The molecule has 2 atom stereocenters. The van der Waals surface area contributed by atoms with E-state index in [0.717, 1.165) is 32.5 Å². The standard InChI is InChI=1S/C13H20N2O/c16-13(10-4-1-2-5-10)15-8-11-6-3-7-14-12(11)9-15/h1-2,10-12,14H,3-9H2. The van der Waals surface area contributed by atoms with Gasteiger partial charge in [0.05, 0.1) is 0 Å². The van der Waals surface area contributed by atoms with Crippen LogP contribution in [0.5, 0.6) is 0 Å². The Kier molecular flexibility index (Phi) is 2.72. The Morgan fingerprint density at radius 1 is 1.25 bits per heavy atom. The summed E-state index contributed by atoms with van der Waals surface area (Å²) in [5.74, 6) is 1.36. The largest absolute Gasteiger partial charge is 0.341 e. The molecule has 1 N–H and O–H groups in total. The molecule has 16 heavy (non-hydrogen) atoms. The van der Waals surface area contributed by atoms with Crippen LogP contribution in [0.1, 0.15) is 25.7 Å².